The quantitative estimate of drug-likeness (QED) is 0.825. The van der Waals surface area contributed by atoms with Crippen LogP contribution in [0.3, 0.4) is 0 Å². The summed E-state index contributed by atoms with van der Waals surface area (Å²) in [7, 11) is 0. The van der Waals surface area contributed by atoms with Crippen molar-refractivity contribution in [3.63, 3.8) is 0 Å². The molecule has 0 aliphatic carbocycles. The summed E-state index contributed by atoms with van der Waals surface area (Å²) in [4.78, 5) is 10.9. The lowest BCUT2D eigenvalue weighted by Crippen LogP contribution is -2.18. The van der Waals surface area contributed by atoms with Crippen molar-refractivity contribution >= 4 is 11.6 Å². The number of nitriles is 1. The first-order chi connectivity index (χ1) is 8.34. The molecule has 0 atom stereocenters. The number of nitrogens with zero attached hydrogens (tertiary/aromatic N) is 1. The molecule has 18 heavy (non-hydrogen) atoms. The van der Waals surface area contributed by atoms with E-state index in [2.05, 4.69) is 5.32 Å². The summed E-state index contributed by atoms with van der Waals surface area (Å²) in [6.07, 6.45) is -3.35. The van der Waals surface area contributed by atoms with Gasteiger partial charge < -0.3 is 5.32 Å². The first-order valence-electron chi connectivity index (χ1n) is 4.89. The Bertz CT molecular complexity index is 510. The van der Waals surface area contributed by atoms with Gasteiger partial charge in [0.15, 0.2) is 0 Å². The molecule has 1 rings (SSSR count). The van der Waals surface area contributed by atoms with E-state index < -0.39 is 17.6 Å². The second-order valence-electron chi connectivity index (χ2n) is 3.44. The fourth-order valence-corrected chi connectivity index (χ4v) is 1.28. The number of amides is 1. The monoisotopic (exact) mass is 254 g/mol. The molecule has 0 saturated heterocycles. The van der Waals surface area contributed by atoms with E-state index in [4.69, 9.17) is 5.26 Å². The number of allylic oxidation sites excluding steroid dienone is 1. The Morgan fingerprint density at radius 2 is 1.89 bits per heavy atom. The fraction of sp³-hybridized carbons (Fsp3) is 0.167. The van der Waals surface area contributed by atoms with Crippen LogP contribution in [0.5, 0.6) is 0 Å². The van der Waals surface area contributed by atoms with Crippen molar-refractivity contribution in [3.8, 4) is 6.07 Å². The van der Waals surface area contributed by atoms with Gasteiger partial charge in [-0.2, -0.15) is 18.4 Å². The second kappa shape index (κ2) is 5.36. The van der Waals surface area contributed by atoms with Crippen molar-refractivity contribution in [3.05, 3.63) is 41.5 Å². The molecule has 0 heterocycles. The van der Waals surface area contributed by atoms with Crippen LogP contribution in [-0.4, -0.2) is 5.91 Å². The maximum Gasteiger partial charge on any atom is 0.416 e. The first kappa shape index (κ1) is 13.8. The summed E-state index contributed by atoms with van der Waals surface area (Å²) in [6.45, 7) is 1.25. The van der Waals surface area contributed by atoms with Crippen LogP contribution in [0.2, 0.25) is 0 Å². The number of hydrogen-bond acceptors (Lipinski definition) is 2. The SMILES string of the molecule is CC(=O)N/C(=C/C#N)c1ccc(C(F)(F)F)cc1. The number of carbonyl (C=O) groups is 1. The van der Waals surface area contributed by atoms with E-state index in [-0.39, 0.29) is 5.70 Å². The van der Waals surface area contributed by atoms with E-state index in [0.717, 1.165) is 18.2 Å². The number of halogens is 3. The number of nitrogens with one attached hydrogen (secondary N) is 1. The number of rotatable bonds is 2. The van der Waals surface area contributed by atoms with Crippen LogP contribution >= 0.6 is 0 Å². The van der Waals surface area contributed by atoms with Gasteiger partial charge in [0.25, 0.3) is 0 Å². The van der Waals surface area contributed by atoms with Crippen molar-refractivity contribution < 1.29 is 18.0 Å². The van der Waals surface area contributed by atoms with Gasteiger partial charge in [-0.3, -0.25) is 4.79 Å². The molecule has 1 aromatic carbocycles. The fourth-order valence-electron chi connectivity index (χ4n) is 1.28. The van der Waals surface area contributed by atoms with Crippen LogP contribution < -0.4 is 5.32 Å². The van der Waals surface area contributed by atoms with E-state index in [9.17, 15) is 18.0 Å². The van der Waals surface area contributed by atoms with Crippen LogP contribution in [0.15, 0.2) is 30.3 Å². The number of hydrogen-bond donors (Lipinski definition) is 1. The Morgan fingerprint density at radius 3 is 2.28 bits per heavy atom. The first-order valence-corrected chi connectivity index (χ1v) is 4.89. The Hall–Kier alpha value is -2.29. The minimum atomic E-state index is -4.41. The third-order valence-corrected chi connectivity index (χ3v) is 2.04. The maximum absolute atomic E-state index is 12.3. The lowest BCUT2D eigenvalue weighted by atomic mass is 10.1. The van der Waals surface area contributed by atoms with Crippen LogP contribution in [0.4, 0.5) is 13.2 Å². The molecular formula is C12H9F3N2O. The van der Waals surface area contributed by atoms with E-state index in [1.165, 1.54) is 19.1 Å². The van der Waals surface area contributed by atoms with E-state index >= 15 is 0 Å². The smallest absolute Gasteiger partial charge is 0.325 e. The molecule has 0 saturated carbocycles. The lowest BCUT2D eigenvalue weighted by molar-refractivity contribution is -0.137. The molecule has 0 spiro atoms. The van der Waals surface area contributed by atoms with Crippen LogP contribution in [0.1, 0.15) is 18.1 Å². The zero-order valence-electron chi connectivity index (χ0n) is 9.38. The third kappa shape index (κ3) is 3.63. The van der Waals surface area contributed by atoms with Crippen molar-refractivity contribution in [2.45, 2.75) is 13.1 Å². The largest absolute Gasteiger partial charge is 0.416 e. The van der Waals surface area contributed by atoms with Crippen molar-refractivity contribution in [2.24, 2.45) is 0 Å². The average Bonchev–Trinajstić information content (AvgIpc) is 2.27. The zero-order valence-corrected chi connectivity index (χ0v) is 9.38. The van der Waals surface area contributed by atoms with Gasteiger partial charge in [-0.1, -0.05) is 12.1 Å². The highest BCUT2D eigenvalue weighted by molar-refractivity contribution is 5.85. The van der Waals surface area contributed by atoms with Gasteiger partial charge in [0, 0.05) is 13.0 Å². The molecule has 0 aliphatic rings. The summed E-state index contributed by atoms with van der Waals surface area (Å²) >= 11 is 0. The van der Waals surface area contributed by atoms with Crippen LogP contribution in [-0.2, 0) is 11.0 Å². The van der Waals surface area contributed by atoms with Crippen molar-refractivity contribution in [2.75, 3.05) is 0 Å². The van der Waals surface area contributed by atoms with Crippen molar-refractivity contribution in [1.82, 2.24) is 5.32 Å². The van der Waals surface area contributed by atoms with Gasteiger partial charge in [0.2, 0.25) is 5.91 Å². The van der Waals surface area contributed by atoms with Gasteiger partial charge in [0.05, 0.1) is 17.3 Å². The van der Waals surface area contributed by atoms with Crippen molar-refractivity contribution in [1.29, 1.82) is 5.26 Å². The molecular weight excluding hydrogens is 245 g/mol. The predicted molar refractivity (Wildman–Crippen MR) is 58.9 cm³/mol. The topological polar surface area (TPSA) is 52.9 Å². The van der Waals surface area contributed by atoms with Gasteiger partial charge in [-0.05, 0) is 17.7 Å². The van der Waals surface area contributed by atoms with E-state index in [1.807, 2.05) is 0 Å². The molecule has 6 heteroatoms. The van der Waals surface area contributed by atoms with Crippen LogP contribution in [0.25, 0.3) is 5.70 Å². The summed E-state index contributed by atoms with van der Waals surface area (Å²) in [6, 6.07) is 5.89. The van der Waals surface area contributed by atoms with E-state index in [1.54, 1.807) is 6.07 Å². The number of carbonyl (C=O) groups excluding carboxylic acids is 1. The van der Waals surface area contributed by atoms with Gasteiger partial charge >= 0.3 is 6.18 Å². The molecule has 0 unspecified atom stereocenters. The Morgan fingerprint density at radius 1 is 1.33 bits per heavy atom. The molecule has 0 aliphatic heterocycles. The molecule has 0 fully saturated rings. The Labute approximate surface area is 102 Å². The Kier molecular flexibility index (Phi) is 4.10. The molecule has 0 bridgehead atoms. The molecule has 0 radical (unpaired) electrons. The maximum atomic E-state index is 12.3. The minimum absolute atomic E-state index is 0.165. The molecule has 3 nitrogen and oxygen atoms in total. The van der Waals surface area contributed by atoms with E-state index in [0.29, 0.717) is 5.56 Å². The molecule has 1 amide bonds. The number of alkyl halides is 3. The highest BCUT2D eigenvalue weighted by Gasteiger charge is 2.30. The third-order valence-electron chi connectivity index (χ3n) is 2.04. The number of benzene rings is 1. The Balaban J connectivity index is 3.06. The van der Waals surface area contributed by atoms with Gasteiger partial charge in [-0.25, -0.2) is 0 Å². The van der Waals surface area contributed by atoms with Gasteiger partial charge in [-0.15, -0.1) is 0 Å². The lowest BCUT2D eigenvalue weighted by Gasteiger charge is -2.10. The minimum Gasteiger partial charge on any atom is -0.325 e. The highest BCUT2D eigenvalue weighted by atomic mass is 19.4. The summed E-state index contributed by atoms with van der Waals surface area (Å²) < 4.78 is 37.0. The average molecular weight is 254 g/mol. The summed E-state index contributed by atoms with van der Waals surface area (Å²) in [5, 5.41) is 10.9. The predicted octanol–water partition coefficient (Wildman–Crippen LogP) is 2.71. The molecule has 1 aromatic rings. The standard InChI is InChI=1S/C12H9F3N2O/c1-8(18)17-11(6-7-16)9-2-4-10(5-3-9)12(13,14)15/h2-6H,1H3,(H,17,18)/b11-6+. The molecule has 1 N–H and O–H groups in total. The zero-order chi connectivity index (χ0) is 13.8. The second-order valence-corrected chi connectivity index (χ2v) is 3.44. The van der Waals surface area contributed by atoms with Crippen LogP contribution in [0, 0.1) is 11.3 Å². The summed E-state index contributed by atoms with van der Waals surface area (Å²) in [5.41, 5.74) is -0.288. The molecule has 94 valence electrons. The normalized spacial score (nSPS) is 11.8. The highest BCUT2D eigenvalue weighted by Crippen LogP contribution is 2.29. The van der Waals surface area contributed by atoms with Gasteiger partial charge in [0.1, 0.15) is 0 Å². The summed E-state index contributed by atoms with van der Waals surface area (Å²) in [5.74, 6) is -0.406. The molecule has 0 aromatic heterocycles.